The van der Waals surface area contributed by atoms with Crippen LogP contribution in [0.15, 0.2) is 48.1 Å². The highest BCUT2D eigenvalue weighted by molar-refractivity contribution is 5.65. The van der Waals surface area contributed by atoms with Crippen molar-refractivity contribution in [1.82, 2.24) is 0 Å². The fourth-order valence-corrected chi connectivity index (χ4v) is 1.86. The van der Waals surface area contributed by atoms with Crippen LogP contribution in [0.2, 0.25) is 0 Å². The molecule has 0 N–H and O–H groups in total. The number of nitriles is 1. The van der Waals surface area contributed by atoms with Crippen LogP contribution < -0.4 is 0 Å². The van der Waals surface area contributed by atoms with E-state index in [-0.39, 0.29) is 0 Å². The van der Waals surface area contributed by atoms with Gasteiger partial charge < -0.3 is 0 Å². The van der Waals surface area contributed by atoms with E-state index in [0.717, 1.165) is 28.7 Å². The largest absolute Gasteiger partial charge is 0.192 e. The third-order valence-electron chi connectivity index (χ3n) is 2.99. The zero-order valence-electron chi connectivity index (χ0n) is 11.3. The highest BCUT2D eigenvalue weighted by Gasteiger charge is 2.02. The molecule has 1 aromatic rings. The molecule has 0 aliphatic carbocycles. The smallest absolute Gasteiger partial charge is 0.0994 e. The maximum absolute atomic E-state index is 9.03. The lowest BCUT2D eigenvalue weighted by Crippen LogP contribution is -1.88. The van der Waals surface area contributed by atoms with E-state index in [1.54, 1.807) is 0 Å². The molecule has 0 saturated heterocycles. The molecule has 0 saturated carbocycles. The number of allylic oxidation sites excluding steroid dienone is 4. The normalized spacial score (nSPS) is 12.1. The van der Waals surface area contributed by atoms with Gasteiger partial charge in [0.05, 0.1) is 11.6 Å². The van der Waals surface area contributed by atoms with Crippen molar-refractivity contribution in [3.63, 3.8) is 0 Å². The molecule has 1 aromatic carbocycles. The van der Waals surface area contributed by atoms with Crippen molar-refractivity contribution >= 4 is 6.08 Å². The Labute approximate surface area is 110 Å². The molecule has 0 spiro atoms. The quantitative estimate of drug-likeness (QED) is 0.690. The van der Waals surface area contributed by atoms with Gasteiger partial charge in [0, 0.05) is 0 Å². The van der Waals surface area contributed by atoms with E-state index in [1.807, 2.05) is 31.2 Å². The van der Waals surface area contributed by atoms with Crippen LogP contribution in [0.1, 0.15) is 37.0 Å². The van der Waals surface area contributed by atoms with E-state index >= 15 is 0 Å². The van der Waals surface area contributed by atoms with Crippen LogP contribution in [-0.4, -0.2) is 0 Å². The van der Waals surface area contributed by atoms with Gasteiger partial charge >= 0.3 is 0 Å². The molecule has 0 radical (unpaired) electrons. The third-order valence-corrected chi connectivity index (χ3v) is 2.99. The third kappa shape index (κ3) is 3.21. The highest BCUT2D eigenvalue weighted by Crippen LogP contribution is 2.20. The first kappa shape index (κ1) is 14.0. The van der Waals surface area contributed by atoms with E-state index in [4.69, 9.17) is 5.26 Å². The molecule has 0 bridgehead atoms. The van der Waals surface area contributed by atoms with E-state index in [0.29, 0.717) is 0 Å². The maximum Gasteiger partial charge on any atom is 0.0994 e. The number of nitrogens with zero attached hydrogens (tertiary/aromatic N) is 1. The fourth-order valence-electron chi connectivity index (χ4n) is 1.86. The lowest BCUT2D eigenvalue weighted by molar-refractivity contribution is 1.19. The van der Waals surface area contributed by atoms with Crippen LogP contribution in [0, 0.1) is 18.3 Å². The Morgan fingerprint density at radius 2 is 2.17 bits per heavy atom. The van der Waals surface area contributed by atoms with Crippen LogP contribution in [0.5, 0.6) is 0 Å². The van der Waals surface area contributed by atoms with Crippen molar-refractivity contribution in [3.8, 4) is 6.07 Å². The molecule has 1 rings (SSSR count). The molecular weight excluding hydrogens is 218 g/mol. The molecule has 1 nitrogen and oxygen atoms in total. The Bertz CT molecular complexity index is 539. The SMILES string of the molecule is C=CC(=C\c1cccc(C#N)c1C)/C(C)=C\CC. The monoisotopic (exact) mass is 237 g/mol. The average molecular weight is 237 g/mol. The lowest BCUT2D eigenvalue weighted by atomic mass is 9.98. The van der Waals surface area contributed by atoms with Gasteiger partial charge in [0.25, 0.3) is 0 Å². The molecule has 1 heteroatoms. The minimum Gasteiger partial charge on any atom is -0.192 e. The topological polar surface area (TPSA) is 23.8 Å². The first-order chi connectivity index (χ1) is 8.63. The Kier molecular flexibility index (Phi) is 5.14. The van der Waals surface area contributed by atoms with Crippen LogP contribution in [-0.2, 0) is 0 Å². The predicted octanol–water partition coefficient (Wildman–Crippen LogP) is 4.79. The summed E-state index contributed by atoms with van der Waals surface area (Å²) in [6.45, 7) is 10.0. The summed E-state index contributed by atoms with van der Waals surface area (Å²) in [6, 6.07) is 7.99. The second kappa shape index (κ2) is 6.61. The summed E-state index contributed by atoms with van der Waals surface area (Å²) in [7, 11) is 0. The van der Waals surface area contributed by atoms with Crippen molar-refractivity contribution in [3.05, 3.63) is 64.8 Å². The van der Waals surface area contributed by atoms with Gasteiger partial charge in [0.15, 0.2) is 0 Å². The molecule has 18 heavy (non-hydrogen) atoms. The van der Waals surface area contributed by atoms with Crippen molar-refractivity contribution in [2.24, 2.45) is 0 Å². The first-order valence-corrected chi connectivity index (χ1v) is 6.15. The molecular formula is C17H19N. The van der Waals surface area contributed by atoms with Gasteiger partial charge in [-0.2, -0.15) is 5.26 Å². The van der Waals surface area contributed by atoms with Gasteiger partial charge in [-0.15, -0.1) is 0 Å². The summed E-state index contributed by atoms with van der Waals surface area (Å²) in [4.78, 5) is 0. The van der Waals surface area contributed by atoms with E-state index < -0.39 is 0 Å². The summed E-state index contributed by atoms with van der Waals surface area (Å²) in [5, 5.41) is 9.03. The van der Waals surface area contributed by atoms with Crippen LogP contribution in [0.3, 0.4) is 0 Å². The predicted molar refractivity (Wildman–Crippen MR) is 78.1 cm³/mol. The maximum atomic E-state index is 9.03. The standard InChI is InChI=1S/C17H19N/c1-5-8-13(3)15(6-2)11-16-9-7-10-17(12-18)14(16)4/h6-11H,2,5H2,1,3-4H3/b13-8-,15-11+. The van der Waals surface area contributed by atoms with Gasteiger partial charge in [-0.1, -0.05) is 37.8 Å². The Hall–Kier alpha value is -2.07. The second-order valence-corrected chi connectivity index (χ2v) is 4.23. The summed E-state index contributed by atoms with van der Waals surface area (Å²) >= 11 is 0. The summed E-state index contributed by atoms with van der Waals surface area (Å²) < 4.78 is 0. The Balaban J connectivity index is 3.27. The number of benzene rings is 1. The summed E-state index contributed by atoms with van der Waals surface area (Å²) in [6.07, 6.45) is 7.13. The van der Waals surface area contributed by atoms with E-state index in [9.17, 15) is 0 Å². The molecule has 0 aliphatic rings. The summed E-state index contributed by atoms with van der Waals surface area (Å²) in [5.41, 5.74) is 5.14. The second-order valence-electron chi connectivity index (χ2n) is 4.23. The number of hydrogen-bond donors (Lipinski definition) is 0. The molecule has 0 unspecified atom stereocenters. The lowest BCUT2D eigenvalue weighted by Gasteiger charge is -2.06. The molecule has 0 aliphatic heterocycles. The van der Waals surface area contributed by atoms with Crippen LogP contribution in [0.25, 0.3) is 6.08 Å². The first-order valence-electron chi connectivity index (χ1n) is 6.15. The molecule has 0 heterocycles. The molecule has 0 fully saturated rings. The van der Waals surface area contributed by atoms with Gasteiger partial charge in [-0.05, 0) is 54.7 Å². The van der Waals surface area contributed by atoms with Gasteiger partial charge in [0.2, 0.25) is 0 Å². The van der Waals surface area contributed by atoms with Crippen LogP contribution in [0.4, 0.5) is 0 Å². The zero-order chi connectivity index (χ0) is 13.5. The highest BCUT2D eigenvalue weighted by atomic mass is 14.2. The molecule has 0 atom stereocenters. The van der Waals surface area contributed by atoms with Gasteiger partial charge in [0.1, 0.15) is 0 Å². The molecule has 92 valence electrons. The van der Waals surface area contributed by atoms with Crippen molar-refractivity contribution in [1.29, 1.82) is 5.26 Å². The Morgan fingerprint density at radius 1 is 1.44 bits per heavy atom. The fraction of sp³-hybridized carbons (Fsp3) is 0.235. The van der Waals surface area contributed by atoms with Crippen molar-refractivity contribution in [2.45, 2.75) is 27.2 Å². The van der Waals surface area contributed by atoms with Crippen LogP contribution >= 0.6 is 0 Å². The Morgan fingerprint density at radius 3 is 2.72 bits per heavy atom. The minimum atomic E-state index is 0.726. The molecule has 0 aromatic heterocycles. The van der Waals surface area contributed by atoms with E-state index in [1.165, 1.54) is 5.57 Å². The number of hydrogen-bond acceptors (Lipinski definition) is 1. The van der Waals surface area contributed by atoms with Gasteiger partial charge in [-0.25, -0.2) is 0 Å². The van der Waals surface area contributed by atoms with Gasteiger partial charge in [-0.3, -0.25) is 0 Å². The average Bonchev–Trinajstić information content (AvgIpc) is 2.37. The zero-order valence-corrected chi connectivity index (χ0v) is 11.3. The summed E-state index contributed by atoms with van der Waals surface area (Å²) in [5.74, 6) is 0. The van der Waals surface area contributed by atoms with E-state index in [2.05, 4.69) is 38.6 Å². The number of rotatable bonds is 4. The molecule has 0 amide bonds. The van der Waals surface area contributed by atoms with Crippen molar-refractivity contribution in [2.75, 3.05) is 0 Å². The van der Waals surface area contributed by atoms with Crippen molar-refractivity contribution < 1.29 is 0 Å². The minimum absolute atomic E-state index is 0.726.